The van der Waals surface area contributed by atoms with Gasteiger partial charge in [0.1, 0.15) is 5.75 Å². The summed E-state index contributed by atoms with van der Waals surface area (Å²) in [5.74, 6) is 0.949. The van der Waals surface area contributed by atoms with Crippen LogP contribution in [0.5, 0.6) is 5.75 Å². The number of benzene rings is 1. The minimum atomic E-state index is 0. The zero-order chi connectivity index (χ0) is 9.97. The molecular weight excluding hydrogens is 230 g/mol. The van der Waals surface area contributed by atoms with Gasteiger partial charge < -0.3 is 10.5 Å². The topological polar surface area (TPSA) is 35.2 Å². The van der Waals surface area contributed by atoms with Crippen LogP contribution >= 0.6 is 23.7 Å². The third kappa shape index (κ3) is 2.43. The van der Waals surface area contributed by atoms with Crippen LogP contribution in [0.3, 0.4) is 0 Å². The lowest BCUT2D eigenvalue weighted by Gasteiger charge is -2.07. The Balaban J connectivity index is 0.00000112. The summed E-state index contributed by atoms with van der Waals surface area (Å²) < 4.78 is 6.59. The van der Waals surface area contributed by atoms with Gasteiger partial charge in [-0.25, -0.2) is 0 Å². The molecule has 15 heavy (non-hydrogen) atoms. The summed E-state index contributed by atoms with van der Waals surface area (Å²) in [4.78, 5) is 0. The van der Waals surface area contributed by atoms with E-state index in [1.807, 2.05) is 0 Å². The summed E-state index contributed by atoms with van der Waals surface area (Å²) in [6.07, 6.45) is 0.870. The molecule has 0 radical (unpaired) electrons. The lowest BCUT2D eigenvalue weighted by atomic mass is 10.1. The highest BCUT2D eigenvalue weighted by Crippen LogP contribution is 2.29. The number of nitrogens with two attached hydrogens (primary N) is 1. The fraction of sp³-hybridized carbons (Fsp3) is 0.273. The molecule has 0 bridgehead atoms. The van der Waals surface area contributed by atoms with Crippen LogP contribution in [0.4, 0.5) is 0 Å². The number of halogens is 1. The van der Waals surface area contributed by atoms with E-state index in [1.54, 1.807) is 18.4 Å². The van der Waals surface area contributed by atoms with Gasteiger partial charge in [-0.05, 0) is 47.5 Å². The minimum absolute atomic E-state index is 0. The van der Waals surface area contributed by atoms with E-state index in [0.29, 0.717) is 6.54 Å². The van der Waals surface area contributed by atoms with Crippen LogP contribution in [0, 0.1) is 0 Å². The molecular formula is C11H14ClNOS. The molecule has 0 unspecified atom stereocenters. The predicted octanol–water partition coefficient (Wildman–Crippen LogP) is 2.83. The zero-order valence-electron chi connectivity index (χ0n) is 8.53. The van der Waals surface area contributed by atoms with Gasteiger partial charge in [0.15, 0.2) is 0 Å². The van der Waals surface area contributed by atoms with E-state index in [-0.39, 0.29) is 12.4 Å². The number of fused-ring (bicyclic) bond motifs is 1. The molecule has 0 aliphatic heterocycles. The molecule has 0 aliphatic carbocycles. The van der Waals surface area contributed by atoms with Gasteiger partial charge in [-0.2, -0.15) is 0 Å². The number of methoxy groups -OCH3 is 1. The van der Waals surface area contributed by atoms with Crippen LogP contribution in [-0.4, -0.2) is 13.7 Å². The summed E-state index contributed by atoms with van der Waals surface area (Å²) in [5.41, 5.74) is 6.75. The smallest absolute Gasteiger partial charge is 0.123 e. The summed E-state index contributed by atoms with van der Waals surface area (Å²) in [5, 5.41) is 3.37. The Kier molecular flexibility index (Phi) is 4.39. The number of ether oxygens (including phenoxy) is 1. The molecule has 1 heterocycles. The largest absolute Gasteiger partial charge is 0.496 e. The van der Waals surface area contributed by atoms with Gasteiger partial charge in [-0.3, -0.25) is 0 Å². The Bertz CT molecular complexity index is 441. The zero-order valence-corrected chi connectivity index (χ0v) is 10.2. The Morgan fingerprint density at radius 2 is 2.20 bits per heavy atom. The van der Waals surface area contributed by atoms with E-state index in [4.69, 9.17) is 10.5 Å². The molecule has 82 valence electrons. The van der Waals surface area contributed by atoms with Crippen molar-refractivity contribution in [1.29, 1.82) is 0 Å². The number of thiophene rings is 1. The van der Waals surface area contributed by atoms with Crippen LogP contribution in [0.15, 0.2) is 23.6 Å². The van der Waals surface area contributed by atoms with Gasteiger partial charge in [0, 0.05) is 4.70 Å². The van der Waals surface area contributed by atoms with Crippen molar-refractivity contribution in [1.82, 2.24) is 0 Å². The van der Waals surface area contributed by atoms with E-state index in [2.05, 4.69) is 23.6 Å². The highest BCUT2D eigenvalue weighted by Gasteiger charge is 2.05. The normalized spacial score (nSPS) is 10.0. The van der Waals surface area contributed by atoms with Crippen molar-refractivity contribution in [2.75, 3.05) is 13.7 Å². The quantitative estimate of drug-likeness (QED) is 0.900. The van der Waals surface area contributed by atoms with E-state index < -0.39 is 0 Å². The van der Waals surface area contributed by atoms with E-state index >= 15 is 0 Å². The fourth-order valence-corrected chi connectivity index (χ4v) is 2.38. The van der Waals surface area contributed by atoms with Crippen molar-refractivity contribution in [2.45, 2.75) is 6.42 Å². The molecule has 2 rings (SSSR count). The molecule has 0 aliphatic rings. The molecule has 0 atom stereocenters. The first-order chi connectivity index (χ1) is 6.85. The molecule has 1 aromatic carbocycles. The third-order valence-corrected chi connectivity index (χ3v) is 3.15. The Morgan fingerprint density at radius 3 is 2.87 bits per heavy atom. The lowest BCUT2D eigenvalue weighted by molar-refractivity contribution is 0.410. The van der Waals surface area contributed by atoms with Gasteiger partial charge in [0.25, 0.3) is 0 Å². The maximum atomic E-state index is 5.55. The van der Waals surface area contributed by atoms with Crippen molar-refractivity contribution in [3.05, 3.63) is 29.1 Å². The van der Waals surface area contributed by atoms with Crippen molar-refractivity contribution in [2.24, 2.45) is 5.73 Å². The first-order valence-corrected chi connectivity index (χ1v) is 5.47. The summed E-state index contributed by atoms with van der Waals surface area (Å²) in [7, 11) is 1.70. The summed E-state index contributed by atoms with van der Waals surface area (Å²) >= 11 is 1.73. The van der Waals surface area contributed by atoms with Crippen molar-refractivity contribution in [3.8, 4) is 5.75 Å². The fourth-order valence-electron chi connectivity index (χ4n) is 1.58. The predicted molar refractivity (Wildman–Crippen MR) is 68.4 cm³/mol. The number of hydrogen-bond acceptors (Lipinski definition) is 3. The first kappa shape index (κ1) is 12.3. The average Bonchev–Trinajstić information content (AvgIpc) is 2.64. The molecule has 4 heteroatoms. The molecule has 0 amide bonds. The van der Waals surface area contributed by atoms with Crippen LogP contribution in [0.1, 0.15) is 5.56 Å². The minimum Gasteiger partial charge on any atom is -0.496 e. The molecule has 0 saturated heterocycles. The monoisotopic (exact) mass is 243 g/mol. The molecule has 0 saturated carbocycles. The van der Waals surface area contributed by atoms with Gasteiger partial charge in [-0.15, -0.1) is 23.7 Å². The second-order valence-corrected chi connectivity index (χ2v) is 4.11. The number of rotatable bonds is 3. The van der Waals surface area contributed by atoms with Crippen LogP contribution in [0.25, 0.3) is 10.1 Å². The van der Waals surface area contributed by atoms with Crippen molar-refractivity contribution >= 4 is 33.8 Å². The summed E-state index contributed by atoms with van der Waals surface area (Å²) in [6.45, 7) is 0.659. The molecule has 2 aromatic rings. The maximum Gasteiger partial charge on any atom is 0.123 e. The lowest BCUT2D eigenvalue weighted by Crippen LogP contribution is -2.04. The Hall–Kier alpha value is -0.770. The highest BCUT2D eigenvalue weighted by atomic mass is 35.5. The van der Waals surface area contributed by atoms with Gasteiger partial charge in [0.2, 0.25) is 0 Å². The van der Waals surface area contributed by atoms with E-state index in [9.17, 15) is 0 Å². The second-order valence-electron chi connectivity index (χ2n) is 3.16. The number of hydrogen-bond donors (Lipinski definition) is 1. The average molecular weight is 244 g/mol. The third-order valence-electron chi connectivity index (χ3n) is 2.27. The van der Waals surface area contributed by atoms with Crippen molar-refractivity contribution < 1.29 is 4.74 Å². The SMILES string of the molecule is COc1cc2sccc2cc1CCN.Cl. The van der Waals surface area contributed by atoms with E-state index in [0.717, 1.165) is 12.2 Å². The molecule has 2 N–H and O–H groups in total. The molecule has 1 aromatic heterocycles. The van der Waals surface area contributed by atoms with Crippen molar-refractivity contribution in [3.63, 3.8) is 0 Å². The summed E-state index contributed by atoms with van der Waals surface area (Å²) in [6, 6.07) is 6.38. The van der Waals surface area contributed by atoms with Crippen LogP contribution in [0.2, 0.25) is 0 Å². The second kappa shape index (κ2) is 5.35. The Labute approximate surface area is 99.5 Å². The van der Waals surface area contributed by atoms with E-state index in [1.165, 1.54) is 15.6 Å². The van der Waals surface area contributed by atoms with Gasteiger partial charge >= 0.3 is 0 Å². The highest BCUT2D eigenvalue weighted by molar-refractivity contribution is 7.17. The van der Waals surface area contributed by atoms with Gasteiger partial charge in [-0.1, -0.05) is 0 Å². The van der Waals surface area contributed by atoms with Crippen LogP contribution in [-0.2, 0) is 6.42 Å². The van der Waals surface area contributed by atoms with Crippen LogP contribution < -0.4 is 10.5 Å². The van der Waals surface area contributed by atoms with Gasteiger partial charge in [0.05, 0.1) is 7.11 Å². The standard InChI is InChI=1S/C11H13NOS.ClH/c1-13-10-7-11-9(3-5-14-11)6-8(10)2-4-12;/h3,5-7H,2,4,12H2,1H3;1H. The molecule has 0 fully saturated rings. The molecule has 0 spiro atoms. The maximum absolute atomic E-state index is 5.55. The first-order valence-electron chi connectivity index (χ1n) is 4.59. The molecule has 2 nitrogen and oxygen atoms in total. The Morgan fingerprint density at radius 1 is 1.40 bits per heavy atom.